The van der Waals surface area contributed by atoms with Crippen LogP contribution >= 0.6 is 12.6 Å². The number of benzene rings is 1. The third-order valence-corrected chi connectivity index (χ3v) is 1.51. The molecule has 0 atom stereocenters. The zero-order chi connectivity index (χ0) is 6.85. The minimum absolute atomic E-state index is 0. The average molecular weight is 164 g/mol. The minimum atomic E-state index is 0. The van der Waals surface area contributed by atoms with E-state index in [0.29, 0.717) is 4.90 Å². The Bertz CT molecular complexity index is 225. The number of hydrogen-bond acceptors (Lipinski definition) is 2. The molecule has 0 aliphatic heterocycles. The summed E-state index contributed by atoms with van der Waals surface area (Å²) in [4.78, 5) is 0.626. The molecule has 0 aliphatic carbocycles. The fraction of sp³-hybridized carbons (Fsp3) is 0.143. The van der Waals surface area contributed by atoms with Crippen LogP contribution in [0.1, 0.15) is 5.56 Å². The average Bonchev–Trinajstić information content (AvgIpc) is 1.80. The first kappa shape index (κ1) is 10.4. The van der Waals surface area contributed by atoms with Crippen LogP contribution < -0.4 is 0 Å². The van der Waals surface area contributed by atoms with E-state index in [4.69, 9.17) is 5.11 Å². The summed E-state index contributed by atoms with van der Waals surface area (Å²) in [5.74, 6) is 0.248. The topological polar surface area (TPSA) is 20.2 Å². The van der Waals surface area contributed by atoms with E-state index in [0.717, 1.165) is 5.56 Å². The Morgan fingerprint density at radius 2 is 2.00 bits per heavy atom. The molecule has 3 heteroatoms. The Hall–Kier alpha value is 0.370. The third-order valence-electron chi connectivity index (χ3n) is 1.13. The monoisotopic (exact) mass is 164 g/mol. The number of thiol groups is 1. The van der Waals surface area contributed by atoms with Crippen LogP contribution in [-0.2, 0) is 0 Å². The number of phenolic OH excluding ortho intramolecular Hbond substituents is 1. The Balaban J connectivity index is 0.000000810. The molecule has 50 valence electrons. The Labute approximate surface area is 88.2 Å². The maximum atomic E-state index is 9.02. The van der Waals surface area contributed by atoms with E-state index < -0.39 is 0 Å². The summed E-state index contributed by atoms with van der Waals surface area (Å²) in [6, 6.07) is 5.36. The normalized spacial score (nSPS) is 8.60. The zero-order valence-electron chi connectivity index (χ0n) is 5.13. The van der Waals surface area contributed by atoms with E-state index in [2.05, 4.69) is 12.6 Å². The summed E-state index contributed by atoms with van der Waals surface area (Å²) >= 11 is 4.00. The van der Waals surface area contributed by atoms with Crippen molar-refractivity contribution < 1.29 is 5.11 Å². The van der Waals surface area contributed by atoms with Crippen LogP contribution in [0.3, 0.4) is 0 Å². The molecule has 0 amide bonds. The second kappa shape index (κ2) is 4.29. The van der Waals surface area contributed by atoms with Gasteiger partial charge in [-0.2, -0.15) is 0 Å². The Morgan fingerprint density at radius 3 is 2.40 bits per heavy atom. The SMILES string of the molecule is Cc1ccc(S)c(O)c1.[NaH]. The number of aryl methyl sites for hydroxylation is 1. The van der Waals surface area contributed by atoms with Crippen molar-refractivity contribution in [1.29, 1.82) is 0 Å². The molecule has 0 aromatic heterocycles. The van der Waals surface area contributed by atoms with Crippen molar-refractivity contribution in [3.63, 3.8) is 0 Å². The first-order valence-corrected chi connectivity index (χ1v) is 3.13. The number of rotatable bonds is 0. The van der Waals surface area contributed by atoms with Crippen molar-refractivity contribution in [1.82, 2.24) is 0 Å². The second-order valence-electron chi connectivity index (χ2n) is 1.99. The molecule has 1 N–H and O–H groups in total. The molecule has 10 heavy (non-hydrogen) atoms. The fourth-order valence-corrected chi connectivity index (χ4v) is 0.773. The van der Waals surface area contributed by atoms with E-state index in [1.807, 2.05) is 13.0 Å². The van der Waals surface area contributed by atoms with Gasteiger partial charge in [0.2, 0.25) is 0 Å². The molecule has 1 aromatic rings. The van der Waals surface area contributed by atoms with Crippen LogP contribution in [0.5, 0.6) is 5.75 Å². The van der Waals surface area contributed by atoms with Gasteiger partial charge in [-0.05, 0) is 24.6 Å². The summed E-state index contributed by atoms with van der Waals surface area (Å²) in [5.41, 5.74) is 1.05. The molecule has 1 aromatic carbocycles. The fourth-order valence-electron chi connectivity index (χ4n) is 0.633. The standard InChI is InChI=1S/C7H8OS.Na.H/c1-5-2-3-7(9)6(8)4-5;;/h2-4,8-9H,1H3;;. The molecule has 0 unspecified atom stereocenters. The maximum absolute atomic E-state index is 9.02. The van der Waals surface area contributed by atoms with Crippen molar-refractivity contribution in [2.75, 3.05) is 0 Å². The predicted octanol–water partition coefficient (Wildman–Crippen LogP) is 1.34. The van der Waals surface area contributed by atoms with Crippen molar-refractivity contribution in [3.05, 3.63) is 23.8 Å². The molecule has 0 fully saturated rings. The Kier molecular flexibility index (Phi) is 4.45. The van der Waals surface area contributed by atoms with Crippen molar-refractivity contribution in [3.8, 4) is 5.75 Å². The first-order chi connectivity index (χ1) is 4.20. The van der Waals surface area contributed by atoms with Gasteiger partial charge in [0.15, 0.2) is 0 Å². The number of phenols is 1. The molecule has 0 aliphatic rings. The number of aromatic hydroxyl groups is 1. The van der Waals surface area contributed by atoms with Crippen LogP contribution in [0.25, 0.3) is 0 Å². The van der Waals surface area contributed by atoms with Crippen molar-refractivity contribution in [2.45, 2.75) is 11.8 Å². The van der Waals surface area contributed by atoms with E-state index in [1.54, 1.807) is 12.1 Å². The summed E-state index contributed by atoms with van der Waals surface area (Å²) < 4.78 is 0. The van der Waals surface area contributed by atoms with Gasteiger partial charge < -0.3 is 5.11 Å². The van der Waals surface area contributed by atoms with Gasteiger partial charge >= 0.3 is 29.6 Å². The quantitative estimate of drug-likeness (QED) is 0.438. The van der Waals surface area contributed by atoms with E-state index in [-0.39, 0.29) is 35.3 Å². The van der Waals surface area contributed by atoms with E-state index in [1.165, 1.54) is 0 Å². The predicted molar refractivity (Wildman–Crippen MR) is 47.2 cm³/mol. The summed E-state index contributed by atoms with van der Waals surface area (Å²) in [6.07, 6.45) is 0. The van der Waals surface area contributed by atoms with Gasteiger partial charge in [-0.15, -0.1) is 12.6 Å². The van der Waals surface area contributed by atoms with Crippen LogP contribution in [0, 0.1) is 6.92 Å². The van der Waals surface area contributed by atoms with Crippen LogP contribution in [0.4, 0.5) is 0 Å². The number of hydrogen-bond donors (Lipinski definition) is 2. The first-order valence-electron chi connectivity index (χ1n) is 2.69. The summed E-state index contributed by atoms with van der Waals surface area (Å²) in [6.45, 7) is 1.92. The van der Waals surface area contributed by atoms with E-state index in [9.17, 15) is 0 Å². The molecular weight excluding hydrogens is 155 g/mol. The van der Waals surface area contributed by atoms with Crippen LogP contribution in [0.2, 0.25) is 0 Å². The molecule has 0 radical (unpaired) electrons. The van der Waals surface area contributed by atoms with Crippen molar-refractivity contribution >= 4 is 42.2 Å². The summed E-state index contributed by atoms with van der Waals surface area (Å²) in [5, 5.41) is 9.02. The van der Waals surface area contributed by atoms with Crippen LogP contribution in [0.15, 0.2) is 23.1 Å². The molecule has 0 heterocycles. The summed E-state index contributed by atoms with van der Waals surface area (Å²) in [7, 11) is 0. The molecule has 1 rings (SSSR count). The van der Waals surface area contributed by atoms with E-state index >= 15 is 0 Å². The van der Waals surface area contributed by atoms with Crippen LogP contribution in [-0.4, -0.2) is 34.7 Å². The molecule has 1 nitrogen and oxygen atoms in total. The van der Waals surface area contributed by atoms with Gasteiger partial charge in [0, 0.05) is 4.90 Å². The van der Waals surface area contributed by atoms with Gasteiger partial charge in [0.1, 0.15) is 5.75 Å². The molecule has 0 bridgehead atoms. The van der Waals surface area contributed by atoms with Gasteiger partial charge in [-0.1, -0.05) is 6.07 Å². The molecule has 0 saturated heterocycles. The zero-order valence-corrected chi connectivity index (χ0v) is 6.02. The van der Waals surface area contributed by atoms with Gasteiger partial charge in [0.25, 0.3) is 0 Å². The van der Waals surface area contributed by atoms with Gasteiger partial charge in [-0.3, -0.25) is 0 Å². The molecule has 0 spiro atoms. The second-order valence-corrected chi connectivity index (χ2v) is 2.47. The third kappa shape index (κ3) is 2.54. The van der Waals surface area contributed by atoms with Crippen molar-refractivity contribution in [2.24, 2.45) is 0 Å². The van der Waals surface area contributed by atoms with Gasteiger partial charge in [-0.25, -0.2) is 0 Å². The molecule has 0 saturated carbocycles. The molecular formula is C7H9NaOS. The Morgan fingerprint density at radius 1 is 1.40 bits per heavy atom. The van der Waals surface area contributed by atoms with Gasteiger partial charge in [0.05, 0.1) is 0 Å².